The van der Waals surface area contributed by atoms with Gasteiger partial charge in [0.05, 0.1) is 11.4 Å². The van der Waals surface area contributed by atoms with Gasteiger partial charge in [-0.2, -0.15) is 0 Å². The van der Waals surface area contributed by atoms with E-state index in [1.165, 1.54) is 49.0 Å². The number of benzene rings is 8. The van der Waals surface area contributed by atoms with Gasteiger partial charge >= 0.3 is 0 Å². The Hall–Kier alpha value is -5.60. The Kier molecular flexibility index (Phi) is 8.57. The molecule has 54 heavy (non-hydrogen) atoms. The maximum atomic E-state index is 2.45. The Labute approximate surface area is 322 Å². The van der Waals surface area contributed by atoms with Gasteiger partial charge in [-0.1, -0.05) is 159 Å². The van der Waals surface area contributed by atoms with Crippen molar-refractivity contribution in [1.29, 1.82) is 0 Å². The number of hydrogen-bond donors (Lipinski definition) is 0. The highest BCUT2D eigenvalue weighted by Crippen LogP contribution is 2.50. The van der Waals surface area contributed by atoms with Gasteiger partial charge in [-0.05, 0) is 104 Å². The molecular formula is C52H52N2. The Morgan fingerprint density at radius 1 is 0.315 bits per heavy atom. The van der Waals surface area contributed by atoms with Crippen LogP contribution < -0.4 is 9.80 Å². The van der Waals surface area contributed by atoms with Crippen LogP contribution in [0.5, 0.6) is 0 Å². The van der Waals surface area contributed by atoms with E-state index in [-0.39, 0.29) is 16.2 Å². The van der Waals surface area contributed by atoms with E-state index in [1.807, 2.05) is 0 Å². The zero-order chi connectivity index (χ0) is 38.0. The molecular weight excluding hydrogens is 653 g/mol. The van der Waals surface area contributed by atoms with Crippen LogP contribution in [0.2, 0.25) is 0 Å². The summed E-state index contributed by atoms with van der Waals surface area (Å²) >= 11 is 0. The molecule has 0 bridgehead atoms. The minimum absolute atomic E-state index is 0.0351. The quantitative estimate of drug-likeness (QED) is 0.159. The summed E-state index contributed by atoms with van der Waals surface area (Å²) in [6.07, 6.45) is 0. The van der Waals surface area contributed by atoms with Crippen LogP contribution in [0.1, 0.15) is 79.0 Å². The first-order chi connectivity index (χ1) is 25.7. The third-order valence-corrected chi connectivity index (χ3v) is 11.0. The van der Waals surface area contributed by atoms with Crippen molar-refractivity contribution in [2.75, 3.05) is 9.80 Å². The Bertz CT molecular complexity index is 2390. The number of rotatable bonds is 6. The van der Waals surface area contributed by atoms with Crippen molar-refractivity contribution < 1.29 is 0 Å². The molecule has 8 aromatic rings. The Morgan fingerprint density at radius 2 is 0.667 bits per heavy atom. The first-order valence-corrected chi connectivity index (χ1v) is 19.4. The normalized spacial score (nSPS) is 12.5. The fourth-order valence-electron chi connectivity index (χ4n) is 7.91. The Morgan fingerprint density at radius 3 is 1.02 bits per heavy atom. The van der Waals surface area contributed by atoms with E-state index in [1.54, 1.807) is 0 Å². The van der Waals surface area contributed by atoms with E-state index in [9.17, 15) is 0 Å². The van der Waals surface area contributed by atoms with Crippen molar-refractivity contribution >= 4 is 66.4 Å². The van der Waals surface area contributed by atoms with Crippen molar-refractivity contribution in [2.45, 2.75) is 78.6 Å². The highest BCUT2D eigenvalue weighted by Gasteiger charge is 2.26. The highest BCUT2D eigenvalue weighted by molar-refractivity contribution is 6.29. The summed E-state index contributed by atoms with van der Waals surface area (Å²) in [6.45, 7) is 20.6. The van der Waals surface area contributed by atoms with Gasteiger partial charge in [-0.15, -0.1) is 0 Å². The average Bonchev–Trinajstić information content (AvgIpc) is 3.15. The molecule has 0 amide bonds. The van der Waals surface area contributed by atoms with E-state index >= 15 is 0 Å². The lowest BCUT2D eigenvalue weighted by Gasteiger charge is -2.33. The molecule has 8 rings (SSSR count). The minimum Gasteiger partial charge on any atom is -0.310 e. The first kappa shape index (κ1) is 35.4. The largest absolute Gasteiger partial charge is 0.310 e. The summed E-state index contributed by atoms with van der Waals surface area (Å²) in [7, 11) is 0. The first-order valence-electron chi connectivity index (χ1n) is 19.4. The summed E-state index contributed by atoms with van der Waals surface area (Å²) in [6, 6.07) is 56.7. The lowest BCUT2D eigenvalue weighted by atomic mass is 9.83. The minimum atomic E-state index is 0.0351. The van der Waals surface area contributed by atoms with E-state index in [2.05, 4.69) is 224 Å². The van der Waals surface area contributed by atoms with Crippen molar-refractivity contribution in [1.82, 2.24) is 0 Å². The standard InChI is InChI=1S/C52H52N2/c1-50(2,3)37-22-26-42(27-23-37)53(40-16-12-10-13-17-40)46-34-47(54(41-18-14-11-15-19-41)43-28-24-38(25-29-43)51(4,5)6)45-31-21-36-33-39(52(7,8)9)32-35-20-30-44(46)49(45)48(35)36/h10-34H,1-9H3. The van der Waals surface area contributed by atoms with Gasteiger partial charge in [0.2, 0.25) is 0 Å². The van der Waals surface area contributed by atoms with Crippen LogP contribution in [0, 0.1) is 0 Å². The van der Waals surface area contributed by atoms with Crippen LogP contribution in [0.3, 0.4) is 0 Å². The monoisotopic (exact) mass is 704 g/mol. The second kappa shape index (κ2) is 13.1. The second-order valence-corrected chi connectivity index (χ2v) is 18.0. The molecule has 0 saturated heterocycles. The van der Waals surface area contributed by atoms with Gasteiger partial charge in [0.1, 0.15) is 0 Å². The molecule has 0 aliphatic rings. The van der Waals surface area contributed by atoms with Gasteiger partial charge < -0.3 is 9.80 Å². The van der Waals surface area contributed by atoms with Crippen molar-refractivity contribution in [2.24, 2.45) is 0 Å². The van der Waals surface area contributed by atoms with Gasteiger partial charge in [0, 0.05) is 38.9 Å². The third kappa shape index (κ3) is 6.38. The number of hydrogen-bond acceptors (Lipinski definition) is 2. The Balaban J connectivity index is 1.49. The molecule has 0 spiro atoms. The summed E-state index contributed by atoms with van der Waals surface area (Å²) < 4.78 is 0. The predicted molar refractivity (Wildman–Crippen MR) is 236 cm³/mol. The summed E-state index contributed by atoms with van der Waals surface area (Å²) in [5.41, 5.74) is 10.9. The SMILES string of the molecule is CC(C)(C)c1ccc(N(c2ccccc2)c2cc(N(c3ccccc3)c3ccc(C(C)(C)C)cc3)c3ccc4cc(C(C)(C)C)cc5ccc2c3c54)cc1. The average molecular weight is 705 g/mol. The topological polar surface area (TPSA) is 6.48 Å². The summed E-state index contributed by atoms with van der Waals surface area (Å²) in [5, 5.41) is 7.62. The van der Waals surface area contributed by atoms with E-state index < -0.39 is 0 Å². The van der Waals surface area contributed by atoms with Gasteiger partial charge in [-0.3, -0.25) is 0 Å². The lowest BCUT2D eigenvalue weighted by Crippen LogP contribution is -2.16. The van der Waals surface area contributed by atoms with Crippen LogP contribution >= 0.6 is 0 Å². The van der Waals surface area contributed by atoms with E-state index in [0.717, 1.165) is 34.1 Å². The highest BCUT2D eigenvalue weighted by atomic mass is 15.2. The molecule has 0 N–H and O–H groups in total. The molecule has 8 aromatic carbocycles. The summed E-state index contributed by atoms with van der Waals surface area (Å²) in [5.74, 6) is 0. The number of anilines is 6. The fourth-order valence-corrected chi connectivity index (χ4v) is 7.91. The fraction of sp³-hybridized carbons (Fsp3) is 0.231. The van der Waals surface area contributed by atoms with Gasteiger partial charge in [0.25, 0.3) is 0 Å². The predicted octanol–water partition coefficient (Wildman–Crippen LogP) is 15.4. The third-order valence-electron chi connectivity index (χ3n) is 11.0. The molecule has 0 radical (unpaired) electrons. The van der Waals surface area contributed by atoms with Crippen molar-refractivity contribution in [3.63, 3.8) is 0 Å². The van der Waals surface area contributed by atoms with Crippen LogP contribution in [0.25, 0.3) is 32.3 Å². The van der Waals surface area contributed by atoms with Gasteiger partial charge in [0.15, 0.2) is 0 Å². The molecule has 0 aliphatic carbocycles. The molecule has 0 atom stereocenters. The molecule has 0 aromatic heterocycles. The molecule has 0 saturated carbocycles. The van der Waals surface area contributed by atoms with E-state index in [0.29, 0.717) is 0 Å². The van der Waals surface area contributed by atoms with Crippen LogP contribution in [0.15, 0.2) is 152 Å². The van der Waals surface area contributed by atoms with Crippen molar-refractivity contribution in [3.05, 3.63) is 168 Å². The number of para-hydroxylation sites is 2. The molecule has 0 heterocycles. The second-order valence-electron chi connectivity index (χ2n) is 18.0. The molecule has 270 valence electrons. The van der Waals surface area contributed by atoms with Gasteiger partial charge in [-0.25, -0.2) is 0 Å². The van der Waals surface area contributed by atoms with Crippen LogP contribution in [0.4, 0.5) is 34.1 Å². The molecule has 0 fully saturated rings. The maximum absolute atomic E-state index is 2.45. The van der Waals surface area contributed by atoms with Crippen LogP contribution in [-0.4, -0.2) is 0 Å². The zero-order valence-electron chi connectivity index (χ0n) is 33.3. The smallest absolute Gasteiger partial charge is 0.0561 e. The number of nitrogens with zero attached hydrogens (tertiary/aromatic N) is 2. The molecule has 0 unspecified atom stereocenters. The molecule has 0 aliphatic heterocycles. The molecule has 2 nitrogen and oxygen atoms in total. The maximum Gasteiger partial charge on any atom is 0.0561 e. The van der Waals surface area contributed by atoms with Crippen LogP contribution in [-0.2, 0) is 16.2 Å². The summed E-state index contributed by atoms with van der Waals surface area (Å²) in [4.78, 5) is 4.91. The lowest BCUT2D eigenvalue weighted by molar-refractivity contribution is 0.590. The zero-order valence-corrected chi connectivity index (χ0v) is 33.3. The van der Waals surface area contributed by atoms with E-state index in [4.69, 9.17) is 0 Å². The van der Waals surface area contributed by atoms with Crippen molar-refractivity contribution in [3.8, 4) is 0 Å². The molecule has 2 heteroatoms.